The largest absolute Gasteiger partial charge is 0.363 e. The molecule has 9 heteroatoms. The smallest absolute Gasteiger partial charge is 0.293 e. The van der Waals surface area contributed by atoms with Crippen molar-refractivity contribution in [1.29, 1.82) is 0 Å². The molecule has 0 unspecified atom stereocenters. The maximum atomic E-state index is 12.7. The molecule has 0 aliphatic carbocycles. The Hall–Kier alpha value is -3.59. The second-order valence-electron chi connectivity index (χ2n) is 7.15. The summed E-state index contributed by atoms with van der Waals surface area (Å²) < 4.78 is 5.00. The molecule has 3 aromatic rings. The monoisotopic (exact) mass is 407 g/mol. The summed E-state index contributed by atoms with van der Waals surface area (Å²) in [4.78, 5) is 32.3. The molecule has 0 N–H and O–H groups in total. The SMILES string of the molecule is Cc1nc(CN2CCN(c3ccc(C(=O)c4ccccc4)cc3[N+](=O)[O-])CC2)no1. The predicted molar refractivity (Wildman–Crippen MR) is 109 cm³/mol. The number of ketones is 1. The number of aromatic nitrogens is 2. The Morgan fingerprint density at radius 3 is 2.47 bits per heavy atom. The fourth-order valence-electron chi connectivity index (χ4n) is 3.59. The van der Waals surface area contributed by atoms with E-state index in [1.807, 2.05) is 11.0 Å². The summed E-state index contributed by atoms with van der Waals surface area (Å²) in [6, 6.07) is 13.5. The van der Waals surface area contributed by atoms with Gasteiger partial charge in [-0.3, -0.25) is 19.8 Å². The van der Waals surface area contributed by atoms with Gasteiger partial charge in [0.05, 0.1) is 11.5 Å². The van der Waals surface area contributed by atoms with Crippen molar-refractivity contribution in [3.63, 3.8) is 0 Å². The quantitative estimate of drug-likeness (QED) is 0.349. The van der Waals surface area contributed by atoms with E-state index in [1.54, 1.807) is 43.3 Å². The van der Waals surface area contributed by atoms with Crippen molar-refractivity contribution in [2.24, 2.45) is 0 Å². The first-order valence-electron chi connectivity index (χ1n) is 9.66. The molecular weight excluding hydrogens is 386 g/mol. The van der Waals surface area contributed by atoms with Gasteiger partial charge in [0.25, 0.3) is 5.69 Å². The van der Waals surface area contributed by atoms with E-state index in [1.165, 1.54) is 6.07 Å². The highest BCUT2D eigenvalue weighted by Gasteiger charge is 2.26. The number of nitrogens with zero attached hydrogens (tertiary/aromatic N) is 5. The molecular formula is C21H21N5O4. The summed E-state index contributed by atoms with van der Waals surface area (Å²) >= 11 is 0. The maximum Gasteiger partial charge on any atom is 0.293 e. The number of piperazine rings is 1. The summed E-state index contributed by atoms with van der Waals surface area (Å²) in [6.07, 6.45) is 0. The number of nitro benzene ring substituents is 1. The van der Waals surface area contributed by atoms with Crippen molar-refractivity contribution in [2.45, 2.75) is 13.5 Å². The number of anilines is 1. The van der Waals surface area contributed by atoms with Crippen LogP contribution >= 0.6 is 0 Å². The van der Waals surface area contributed by atoms with Crippen LogP contribution in [0.1, 0.15) is 27.6 Å². The minimum atomic E-state index is -0.425. The molecule has 154 valence electrons. The molecule has 0 radical (unpaired) electrons. The lowest BCUT2D eigenvalue weighted by Crippen LogP contribution is -2.46. The molecule has 0 atom stereocenters. The van der Waals surface area contributed by atoms with E-state index < -0.39 is 4.92 Å². The zero-order chi connectivity index (χ0) is 21.1. The van der Waals surface area contributed by atoms with Crippen LogP contribution in [0.5, 0.6) is 0 Å². The van der Waals surface area contributed by atoms with Gasteiger partial charge < -0.3 is 9.42 Å². The van der Waals surface area contributed by atoms with Crippen LogP contribution in [-0.4, -0.2) is 51.9 Å². The highest BCUT2D eigenvalue weighted by Crippen LogP contribution is 2.31. The highest BCUT2D eigenvalue weighted by molar-refractivity contribution is 6.09. The van der Waals surface area contributed by atoms with Gasteiger partial charge in [0.2, 0.25) is 5.89 Å². The Kier molecular flexibility index (Phi) is 5.53. The zero-order valence-corrected chi connectivity index (χ0v) is 16.5. The van der Waals surface area contributed by atoms with Crippen molar-refractivity contribution in [3.05, 3.63) is 81.5 Å². The minimum Gasteiger partial charge on any atom is -0.363 e. The summed E-state index contributed by atoms with van der Waals surface area (Å²) in [5.41, 5.74) is 1.28. The first-order valence-corrected chi connectivity index (χ1v) is 9.66. The predicted octanol–water partition coefficient (Wildman–Crippen LogP) is 2.84. The fourth-order valence-corrected chi connectivity index (χ4v) is 3.59. The van der Waals surface area contributed by atoms with Crippen molar-refractivity contribution in [3.8, 4) is 0 Å². The van der Waals surface area contributed by atoms with Gasteiger partial charge in [0.15, 0.2) is 11.6 Å². The van der Waals surface area contributed by atoms with Gasteiger partial charge in [0, 0.05) is 50.3 Å². The summed E-state index contributed by atoms with van der Waals surface area (Å²) in [7, 11) is 0. The molecule has 0 amide bonds. The third-order valence-corrected chi connectivity index (χ3v) is 5.12. The average molecular weight is 407 g/mol. The Morgan fingerprint density at radius 2 is 1.83 bits per heavy atom. The second kappa shape index (κ2) is 8.42. The van der Waals surface area contributed by atoms with Gasteiger partial charge in [-0.1, -0.05) is 35.5 Å². The molecule has 1 saturated heterocycles. The molecule has 1 fully saturated rings. The van der Waals surface area contributed by atoms with Crippen LogP contribution in [0.15, 0.2) is 53.1 Å². The van der Waals surface area contributed by atoms with Gasteiger partial charge in [-0.15, -0.1) is 0 Å². The number of hydrogen-bond acceptors (Lipinski definition) is 8. The molecule has 0 spiro atoms. The molecule has 9 nitrogen and oxygen atoms in total. The number of carbonyl (C=O) groups is 1. The van der Waals surface area contributed by atoms with Crippen molar-refractivity contribution in [1.82, 2.24) is 15.0 Å². The normalized spacial score (nSPS) is 14.6. The molecule has 0 saturated carbocycles. The lowest BCUT2D eigenvalue weighted by molar-refractivity contribution is -0.384. The highest BCUT2D eigenvalue weighted by atomic mass is 16.6. The number of benzene rings is 2. The number of carbonyl (C=O) groups excluding carboxylic acids is 1. The van der Waals surface area contributed by atoms with E-state index in [0.717, 1.165) is 13.1 Å². The van der Waals surface area contributed by atoms with Gasteiger partial charge in [-0.25, -0.2) is 0 Å². The van der Waals surface area contributed by atoms with Crippen LogP contribution in [-0.2, 0) is 6.54 Å². The number of hydrogen-bond donors (Lipinski definition) is 0. The molecule has 1 aromatic heterocycles. The third kappa shape index (κ3) is 4.20. The standard InChI is InChI=1S/C21H21N5O4/c1-15-22-20(23-30-15)14-24-9-11-25(12-10-24)18-8-7-17(13-19(18)26(28)29)21(27)16-5-3-2-4-6-16/h2-8,13H,9-12,14H2,1H3. The van der Waals surface area contributed by atoms with Gasteiger partial charge in [-0.2, -0.15) is 4.98 Å². The first-order chi connectivity index (χ1) is 14.5. The lowest BCUT2D eigenvalue weighted by atomic mass is 10.0. The van der Waals surface area contributed by atoms with Crippen LogP contribution in [0.2, 0.25) is 0 Å². The van der Waals surface area contributed by atoms with Crippen LogP contribution < -0.4 is 4.90 Å². The van der Waals surface area contributed by atoms with Gasteiger partial charge >= 0.3 is 0 Å². The van der Waals surface area contributed by atoms with Crippen molar-refractivity contribution in [2.75, 3.05) is 31.1 Å². The fraction of sp³-hybridized carbons (Fsp3) is 0.286. The summed E-state index contributed by atoms with van der Waals surface area (Å²) in [6.45, 7) is 5.02. The van der Waals surface area contributed by atoms with Crippen LogP contribution in [0.25, 0.3) is 0 Å². The average Bonchev–Trinajstić information content (AvgIpc) is 3.18. The molecule has 1 aliphatic heterocycles. The van der Waals surface area contributed by atoms with Crippen LogP contribution in [0.3, 0.4) is 0 Å². The minimum absolute atomic E-state index is 0.0565. The molecule has 4 rings (SSSR count). The van der Waals surface area contributed by atoms with E-state index in [9.17, 15) is 14.9 Å². The summed E-state index contributed by atoms with van der Waals surface area (Å²) in [5, 5.41) is 15.6. The first kappa shape index (κ1) is 19.7. The van der Waals surface area contributed by atoms with Crippen LogP contribution in [0.4, 0.5) is 11.4 Å². The zero-order valence-electron chi connectivity index (χ0n) is 16.5. The topological polar surface area (TPSA) is 106 Å². The molecule has 0 bridgehead atoms. The third-order valence-electron chi connectivity index (χ3n) is 5.12. The van der Waals surface area contributed by atoms with Gasteiger partial charge in [0.1, 0.15) is 5.69 Å². The van der Waals surface area contributed by atoms with E-state index in [0.29, 0.717) is 48.2 Å². The molecule has 1 aliphatic rings. The van der Waals surface area contributed by atoms with E-state index in [2.05, 4.69) is 15.0 Å². The van der Waals surface area contributed by atoms with Crippen molar-refractivity contribution < 1.29 is 14.2 Å². The number of nitro groups is 1. The van der Waals surface area contributed by atoms with Crippen LogP contribution in [0, 0.1) is 17.0 Å². The van der Waals surface area contributed by atoms with Crippen molar-refractivity contribution >= 4 is 17.2 Å². The number of aryl methyl sites for hydroxylation is 1. The lowest BCUT2D eigenvalue weighted by Gasteiger charge is -2.35. The van der Waals surface area contributed by atoms with E-state index in [-0.39, 0.29) is 11.5 Å². The molecule has 30 heavy (non-hydrogen) atoms. The van der Waals surface area contributed by atoms with Gasteiger partial charge in [-0.05, 0) is 12.1 Å². The maximum absolute atomic E-state index is 12.7. The Morgan fingerprint density at radius 1 is 1.10 bits per heavy atom. The Balaban J connectivity index is 1.49. The molecule has 2 aromatic carbocycles. The van der Waals surface area contributed by atoms with E-state index in [4.69, 9.17) is 4.52 Å². The Labute approximate surface area is 173 Å². The Bertz CT molecular complexity index is 1060. The molecule has 2 heterocycles. The second-order valence-corrected chi connectivity index (χ2v) is 7.15. The van der Waals surface area contributed by atoms with E-state index >= 15 is 0 Å². The summed E-state index contributed by atoms with van der Waals surface area (Å²) in [5.74, 6) is 0.936. The number of rotatable bonds is 6.